The fourth-order valence-electron chi connectivity index (χ4n) is 4.70. The first-order chi connectivity index (χ1) is 11.6. The summed E-state index contributed by atoms with van der Waals surface area (Å²) in [7, 11) is 2.18. The predicted octanol–water partition coefficient (Wildman–Crippen LogP) is 3.03. The van der Waals surface area contributed by atoms with E-state index < -0.39 is 5.82 Å². The van der Waals surface area contributed by atoms with Gasteiger partial charge in [0.1, 0.15) is 5.82 Å². The van der Waals surface area contributed by atoms with Crippen LogP contribution in [0.2, 0.25) is 0 Å². The first-order valence-electron chi connectivity index (χ1n) is 8.53. The molecule has 0 N–H and O–H groups in total. The minimum atomic E-state index is -0.422. The van der Waals surface area contributed by atoms with Crippen LogP contribution in [-0.2, 0) is 0 Å². The third-order valence-electron chi connectivity index (χ3n) is 5.81. The van der Waals surface area contributed by atoms with Crippen LogP contribution in [0.5, 0.6) is 0 Å². The lowest BCUT2D eigenvalue weighted by Crippen LogP contribution is -2.26. The minimum Gasteiger partial charge on any atom is -0.371 e. The van der Waals surface area contributed by atoms with Crippen molar-refractivity contribution in [2.24, 2.45) is 11.8 Å². The molecule has 2 atom stereocenters. The number of carbonyl (C=O) groups is 1. The second kappa shape index (κ2) is 4.90. The van der Waals surface area contributed by atoms with Crippen molar-refractivity contribution in [3.63, 3.8) is 0 Å². The highest BCUT2D eigenvalue weighted by Crippen LogP contribution is 2.41. The third-order valence-corrected chi connectivity index (χ3v) is 5.81. The van der Waals surface area contributed by atoms with E-state index >= 15 is 0 Å². The van der Waals surface area contributed by atoms with Gasteiger partial charge in [0, 0.05) is 37.4 Å². The van der Waals surface area contributed by atoms with Gasteiger partial charge in [-0.3, -0.25) is 4.79 Å². The molecule has 0 aromatic heterocycles. The third kappa shape index (κ3) is 1.89. The highest BCUT2D eigenvalue weighted by atomic mass is 19.1. The Hall–Kier alpha value is -2.20. The van der Waals surface area contributed by atoms with Crippen LogP contribution < -0.4 is 4.90 Å². The average molecular weight is 322 g/mol. The number of halogens is 1. The van der Waals surface area contributed by atoms with Crippen LogP contribution in [0.3, 0.4) is 0 Å². The summed E-state index contributed by atoms with van der Waals surface area (Å²) in [6.07, 6.45) is 0. The molecule has 4 heteroatoms. The lowest BCUT2D eigenvalue weighted by Gasteiger charge is -2.22. The largest absolute Gasteiger partial charge is 0.371 e. The number of anilines is 1. The van der Waals surface area contributed by atoms with Crippen molar-refractivity contribution in [3.8, 4) is 11.1 Å². The number of nitrogens with zero attached hydrogens (tertiary/aromatic N) is 2. The molecule has 3 nitrogen and oxygen atoms in total. The maximum atomic E-state index is 14.1. The van der Waals surface area contributed by atoms with Crippen molar-refractivity contribution in [2.45, 2.75) is 0 Å². The van der Waals surface area contributed by atoms with Gasteiger partial charge < -0.3 is 9.80 Å². The molecule has 0 amide bonds. The topological polar surface area (TPSA) is 23.6 Å². The van der Waals surface area contributed by atoms with E-state index in [1.807, 2.05) is 18.2 Å². The molecule has 2 saturated heterocycles. The molecule has 2 aromatic rings. The Balaban J connectivity index is 1.50. The van der Waals surface area contributed by atoms with Crippen LogP contribution in [0, 0.1) is 17.7 Å². The van der Waals surface area contributed by atoms with E-state index in [4.69, 9.17) is 0 Å². The Morgan fingerprint density at radius 1 is 0.958 bits per heavy atom. The summed E-state index contributed by atoms with van der Waals surface area (Å²) in [5.41, 5.74) is 3.54. The highest BCUT2D eigenvalue weighted by molar-refractivity contribution is 6.22. The Morgan fingerprint density at radius 2 is 1.71 bits per heavy atom. The van der Waals surface area contributed by atoms with Crippen LogP contribution in [-0.4, -0.2) is 43.9 Å². The van der Waals surface area contributed by atoms with Crippen LogP contribution in [0.4, 0.5) is 10.1 Å². The summed E-state index contributed by atoms with van der Waals surface area (Å²) in [6, 6.07) is 10.9. The first kappa shape index (κ1) is 14.2. The summed E-state index contributed by atoms with van der Waals surface area (Å²) >= 11 is 0. The van der Waals surface area contributed by atoms with Crippen LogP contribution >= 0.6 is 0 Å². The molecule has 2 aromatic carbocycles. The molecule has 3 aliphatic rings. The van der Waals surface area contributed by atoms with Crippen molar-refractivity contribution in [2.75, 3.05) is 38.1 Å². The molecule has 2 aliphatic heterocycles. The quantitative estimate of drug-likeness (QED) is 0.688. The highest BCUT2D eigenvalue weighted by Gasteiger charge is 2.39. The molecular formula is C20H19FN2O. The van der Waals surface area contributed by atoms with E-state index in [1.54, 1.807) is 6.07 Å². The first-order valence-corrected chi connectivity index (χ1v) is 8.53. The maximum absolute atomic E-state index is 14.1. The van der Waals surface area contributed by atoms with Gasteiger partial charge >= 0.3 is 0 Å². The predicted molar refractivity (Wildman–Crippen MR) is 92.0 cm³/mol. The molecule has 0 bridgehead atoms. The van der Waals surface area contributed by atoms with Crippen molar-refractivity contribution in [3.05, 3.63) is 53.3 Å². The van der Waals surface area contributed by atoms with Crippen molar-refractivity contribution in [1.29, 1.82) is 0 Å². The Bertz CT molecular complexity index is 849. The van der Waals surface area contributed by atoms with Crippen molar-refractivity contribution >= 4 is 11.5 Å². The van der Waals surface area contributed by atoms with E-state index in [-0.39, 0.29) is 11.3 Å². The second-order valence-electron chi connectivity index (χ2n) is 7.37. The van der Waals surface area contributed by atoms with Crippen LogP contribution in [0.15, 0.2) is 36.4 Å². The SMILES string of the molecule is CN1C[C@@H]2CN(c3ccc4c(c3)C(=O)c3c(F)cccc3-4)C[C@@H]2C1. The molecule has 1 aliphatic carbocycles. The summed E-state index contributed by atoms with van der Waals surface area (Å²) in [4.78, 5) is 17.4. The number of fused-ring (bicyclic) bond motifs is 4. The van der Waals surface area contributed by atoms with Gasteiger partial charge in [-0.25, -0.2) is 4.39 Å². The average Bonchev–Trinajstić information content (AvgIpc) is 3.18. The summed E-state index contributed by atoms with van der Waals surface area (Å²) in [6.45, 7) is 4.40. The van der Waals surface area contributed by atoms with E-state index in [0.29, 0.717) is 17.4 Å². The molecule has 122 valence electrons. The Morgan fingerprint density at radius 3 is 2.46 bits per heavy atom. The number of benzene rings is 2. The lowest BCUT2D eigenvalue weighted by atomic mass is 10.0. The number of likely N-dealkylation sites (tertiary alicyclic amines) is 1. The summed E-state index contributed by atoms with van der Waals surface area (Å²) < 4.78 is 14.1. The smallest absolute Gasteiger partial charge is 0.197 e. The fraction of sp³-hybridized carbons (Fsp3) is 0.350. The maximum Gasteiger partial charge on any atom is 0.197 e. The molecule has 0 radical (unpaired) electrons. The van der Waals surface area contributed by atoms with Gasteiger partial charge in [-0.15, -0.1) is 0 Å². The zero-order valence-electron chi connectivity index (χ0n) is 13.6. The standard InChI is InChI=1S/C20H19FN2O/c1-22-8-12-10-23(11-13(12)9-22)14-5-6-15-16-3-2-4-18(21)19(16)20(24)17(15)7-14/h2-7,12-13H,8-11H2,1H3/t12-,13+. The van der Waals surface area contributed by atoms with E-state index in [9.17, 15) is 9.18 Å². The molecule has 0 saturated carbocycles. The van der Waals surface area contributed by atoms with Crippen molar-refractivity contribution < 1.29 is 9.18 Å². The number of rotatable bonds is 1. The molecule has 24 heavy (non-hydrogen) atoms. The number of carbonyl (C=O) groups excluding carboxylic acids is 1. The van der Waals surface area contributed by atoms with E-state index in [2.05, 4.69) is 22.9 Å². The van der Waals surface area contributed by atoms with Gasteiger partial charge in [-0.1, -0.05) is 18.2 Å². The zero-order valence-corrected chi connectivity index (χ0v) is 13.6. The van der Waals surface area contributed by atoms with Gasteiger partial charge in [0.2, 0.25) is 0 Å². The molecule has 2 heterocycles. The second-order valence-corrected chi connectivity index (χ2v) is 7.37. The summed E-state index contributed by atoms with van der Waals surface area (Å²) in [5, 5.41) is 0. The van der Waals surface area contributed by atoms with Crippen LogP contribution in [0.25, 0.3) is 11.1 Å². The van der Waals surface area contributed by atoms with Gasteiger partial charge in [-0.2, -0.15) is 0 Å². The zero-order chi connectivity index (χ0) is 16.4. The Labute approximate surface area is 140 Å². The molecule has 2 fully saturated rings. The number of hydrogen-bond donors (Lipinski definition) is 0. The lowest BCUT2D eigenvalue weighted by molar-refractivity contribution is 0.104. The Kier molecular flexibility index (Phi) is 2.89. The van der Waals surface area contributed by atoms with E-state index in [1.165, 1.54) is 6.07 Å². The molecule has 5 rings (SSSR count). The fourth-order valence-corrected chi connectivity index (χ4v) is 4.70. The van der Waals surface area contributed by atoms with Crippen molar-refractivity contribution in [1.82, 2.24) is 4.90 Å². The normalized spacial score (nSPS) is 25.1. The van der Waals surface area contributed by atoms with Gasteiger partial charge in [-0.05, 0) is 48.2 Å². The minimum absolute atomic E-state index is 0.181. The van der Waals surface area contributed by atoms with Gasteiger partial charge in [0.15, 0.2) is 5.78 Å². The molecular weight excluding hydrogens is 303 g/mol. The summed E-state index contributed by atoms with van der Waals surface area (Å²) in [5.74, 6) is 0.829. The number of hydrogen-bond acceptors (Lipinski definition) is 3. The molecule has 0 unspecified atom stereocenters. The van der Waals surface area contributed by atoms with Gasteiger partial charge in [0.25, 0.3) is 0 Å². The monoisotopic (exact) mass is 322 g/mol. The van der Waals surface area contributed by atoms with E-state index in [0.717, 1.165) is 43.0 Å². The van der Waals surface area contributed by atoms with Gasteiger partial charge in [0.05, 0.1) is 5.56 Å². The molecule has 0 spiro atoms. The van der Waals surface area contributed by atoms with Crippen LogP contribution in [0.1, 0.15) is 15.9 Å². The number of ketones is 1.